The lowest BCUT2D eigenvalue weighted by molar-refractivity contribution is 0.101. The van der Waals surface area contributed by atoms with Crippen LogP contribution in [0.1, 0.15) is 22.8 Å². The van der Waals surface area contributed by atoms with Crippen molar-refractivity contribution in [2.45, 2.75) is 6.92 Å². The van der Waals surface area contributed by atoms with E-state index < -0.39 is 0 Å². The van der Waals surface area contributed by atoms with Crippen molar-refractivity contribution in [1.29, 1.82) is 0 Å². The van der Waals surface area contributed by atoms with Gasteiger partial charge >= 0.3 is 0 Å². The fraction of sp³-hybridized carbons (Fsp3) is 0.0909. The summed E-state index contributed by atoms with van der Waals surface area (Å²) >= 11 is 0. The summed E-state index contributed by atoms with van der Waals surface area (Å²) < 4.78 is 0. The van der Waals surface area contributed by atoms with E-state index in [9.17, 15) is 4.79 Å². The van der Waals surface area contributed by atoms with Crippen LogP contribution in [0.2, 0.25) is 0 Å². The zero-order valence-electron chi connectivity index (χ0n) is 7.82. The van der Waals surface area contributed by atoms with Crippen LogP contribution in [0.3, 0.4) is 0 Å². The van der Waals surface area contributed by atoms with Gasteiger partial charge in [-0.1, -0.05) is 12.1 Å². The van der Waals surface area contributed by atoms with Gasteiger partial charge in [0.05, 0.1) is 0 Å². The predicted octanol–water partition coefficient (Wildman–Crippen LogP) is 2.20. The number of anilines is 1. The third-order valence-corrected chi connectivity index (χ3v) is 2.07. The minimum absolute atomic E-state index is 0.0692. The van der Waals surface area contributed by atoms with Gasteiger partial charge < -0.3 is 5.32 Å². The molecule has 2 rings (SSSR count). The van der Waals surface area contributed by atoms with Crippen LogP contribution >= 0.6 is 0 Å². The van der Waals surface area contributed by atoms with Gasteiger partial charge in [-0.2, -0.15) is 0 Å². The molecule has 0 radical (unpaired) electrons. The smallest absolute Gasteiger partial charge is 0.159 e. The normalized spacial score (nSPS) is 12.9. The molecule has 1 aromatic carbocycles. The molecule has 0 amide bonds. The number of carbonyl (C=O) groups is 1. The number of nitrogens with one attached hydrogen (secondary N) is 1. The molecule has 0 saturated carbocycles. The van der Waals surface area contributed by atoms with Crippen LogP contribution in [0, 0.1) is 0 Å². The van der Waals surface area contributed by atoms with Crippen molar-refractivity contribution < 1.29 is 4.79 Å². The molecule has 0 aromatic heterocycles. The summed E-state index contributed by atoms with van der Waals surface area (Å²) in [5, 5.41) is 3.06. The highest BCUT2D eigenvalue weighted by Gasteiger charge is 2.05. The Morgan fingerprint density at radius 3 is 3.07 bits per heavy atom. The molecule has 0 unspecified atom stereocenters. The summed E-state index contributed by atoms with van der Waals surface area (Å²) in [6, 6.07) is 5.52. The topological polar surface area (TPSA) is 41.5 Å². The highest BCUT2D eigenvalue weighted by atomic mass is 16.1. The van der Waals surface area contributed by atoms with E-state index in [0.717, 1.165) is 11.3 Å². The minimum atomic E-state index is 0.0692. The number of nitrogens with zero attached hydrogens (tertiary/aromatic N) is 1. The van der Waals surface area contributed by atoms with Crippen LogP contribution in [0.4, 0.5) is 5.69 Å². The van der Waals surface area contributed by atoms with Crippen molar-refractivity contribution in [2.24, 2.45) is 4.99 Å². The minimum Gasteiger partial charge on any atom is -0.360 e. The van der Waals surface area contributed by atoms with E-state index in [4.69, 9.17) is 0 Å². The van der Waals surface area contributed by atoms with Gasteiger partial charge in [0, 0.05) is 35.4 Å². The number of benzene rings is 1. The summed E-state index contributed by atoms with van der Waals surface area (Å²) in [7, 11) is 0. The first-order valence-corrected chi connectivity index (χ1v) is 4.37. The zero-order chi connectivity index (χ0) is 9.97. The zero-order valence-corrected chi connectivity index (χ0v) is 7.82. The average Bonchev–Trinajstić information content (AvgIpc) is 2.41. The lowest BCUT2D eigenvalue weighted by atomic mass is 10.1. The first-order chi connectivity index (χ1) is 6.77. The molecule has 0 spiro atoms. The van der Waals surface area contributed by atoms with Crippen molar-refractivity contribution in [3.05, 3.63) is 41.7 Å². The van der Waals surface area contributed by atoms with Gasteiger partial charge in [0.25, 0.3) is 0 Å². The Labute approximate surface area is 82.2 Å². The summed E-state index contributed by atoms with van der Waals surface area (Å²) in [4.78, 5) is 15.2. The Bertz CT molecular complexity index is 433. The lowest BCUT2D eigenvalue weighted by Gasteiger charge is -2.05. The van der Waals surface area contributed by atoms with E-state index in [2.05, 4.69) is 10.3 Å². The van der Waals surface area contributed by atoms with E-state index in [1.54, 1.807) is 31.6 Å². The van der Waals surface area contributed by atoms with Gasteiger partial charge in [0.2, 0.25) is 0 Å². The van der Waals surface area contributed by atoms with Crippen molar-refractivity contribution in [3.63, 3.8) is 0 Å². The van der Waals surface area contributed by atoms with Crippen LogP contribution in [-0.4, -0.2) is 12.0 Å². The fourth-order valence-electron chi connectivity index (χ4n) is 1.31. The molecule has 0 saturated heterocycles. The summed E-state index contributed by atoms with van der Waals surface area (Å²) in [6.45, 7) is 1.56. The Hall–Kier alpha value is -1.90. The molecule has 70 valence electrons. The quantitative estimate of drug-likeness (QED) is 0.683. The third-order valence-electron chi connectivity index (χ3n) is 2.07. The Morgan fingerprint density at radius 2 is 2.29 bits per heavy atom. The van der Waals surface area contributed by atoms with Gasteiger partial charge in [-0.15, -0.1) is 0 Å². The fourth-order valence-corrected chi connectivity index (χ4v) is 1.31. The Balaban J connectivity index is 2.49. The molecule has 14 heavy (non-hydrogen) atoms. The second-order valence-corrected chi connectivity index (χ2v) is 3.10. The molecule has 0 bridgehead atoms. The third kappa shape index (κ3) is 1.57. The van der Waals surface area contributed by atoms with Gasteiger partial charge in [0.15, 0.2) is 5.78 Å². The predicted molar refractivity (Wildman–Crippen MR) is 56.8 cm³/mol. The van der Waals surface area contributed by atoms with Crippen LogP contribution in [0.25, 0.3) is 0 Å². The number of carbonyl (C=O) groups excluding carboxylic acids is 1. The summed E-state index contributed by atoms with van der Waals surface area (Å²) in [6.07, 6.45) is 5.18. The maximum atomic E-state index is 11.1. The summed E-state index contributed by atoms with van der Waals surface area (Å²) in [5.74, 6) is 0.0692. The number of ketones is 1. The molecule has 1 aromatic rings. The van der Waals surface area contributed by atoms with Crippen molar-refractivity contribution in [2.75, 3.05) is 5.32 Å². The van der Waals surface area contributed by atoms with Crippen molar-refractivity contribution >= 4 is 17.7 Å². The molecule has 1 N–H and O–H groups in total. The van der Waals surface area contributed by atoms with Crippen LogP contribution in [-0.2, 0) is 0 Å². The number of hydrogen-bond acceptors (Lipinski definition) is 3. The maximum absolute atomic E-state index is 11.1. The highest BCUT2D eigenvalue weighted by Crippen LogP contribution is 2.18. The number of Topliss-reactive ketones (excluding diaryl/α,β-unsaturated/α-hetero) is 1. The molecule has 1 aliphatic heterocycles. The van der Waals surface area contributed by atoms with E-state index >= 15 is 0 Å². The monoisotopic (exact) mass is 186 g/mol. The van der Waals surface area contributed by atoms with Gasteiger partial charge in [0.1, 0.15) is 0 Å². The van der Waals surface area contributed by atoms with E-state index in [1.807, 2.05) is 12.1 Å². The molecule has 0 fully saturated rings. The highest BCUT2D eigenvalue weighted by molar-refractivity contribution is 5.98. The summed E-state index contributed by atoms with van der Waals surface area (Å²) in [5.41, 5.74) is 2.61. The second kappa shape index (κ2) is 3.46. The largest absolute Gasteiger partial charge is 0.360 e. The number of fused-ring (bicyclic) bond motifs is 1. The van der Waals surface area contributed by atoms with E-state index in [0.29, 0.717) is 5.56 Å². The lowest BCUT2D eigenvalue weighted by Crippen LogP contribution is -1.97. The molecule has 1 aliphatic rings. The standard InChI is InChI=1S/C11H10N2O/c1-8(14)9-2-3-10-7-12-4-5-13-11(10)6-9/h2-7,13H,1H3. The maximum Gasteiger partial charge on any atom is 0.159 e. The van der Waals surface area contributed by atoms with E-state index in [1.165, 1.54) is 0 Å². The SMILES string of the molecule is CC(=O)c1ccc2c(c1)NC=CN=C2. The number of aliphatic imine (C=N–C) groups is 1. The number of hydrogen-bond donors (Lipinski definition) is 1. The van der Waals surface area contributed by atoms with Gasteiger partial charge in [-0.3, -0.25) is 9.79 Å². The van der Waals surface area contributed by atoms with E-state index in [-0.39, 0.29) is 5.78 Å². The molecule has 3 nitrogen and oxygen atoms in total. The number of rotatable bonds is 1. The Kier molecular flexibility index (Phi) is 2.14. The molecule has 0 atom stereocenters. The molecular weight excluding hydrogens is 176 g/mol. The van der Waals surface area contributed by atoms with Gasteiger partial charge in [-0.05, 0) is 13.0 Å². The van der Waals surface area contributed by atoms with Crippen molar-refractivity contribution in [3.8, 4) is 0 Å². The first kappa shape index (κ1) is 8.69. The second-order valence-electron chi connectivity index (χ2n) is 3.10. The average molecular weight is 186 g/mol. The van der Waals surface area contributed by atoms with Gasteiger partial charge in [-0.25, -0.2) is 0 Å². The molecule has 3 heteroatoms. The van der Waals surface area contributed by atoms with Crippen LogP contribution < -0.4 is 5.32 Å². The van der Waals surface area contributed by atoms with Crippen LogP contribution in [0.15, 0.2) is 35.6 Å². The Morgan fingerprint density at radius 1 is 1.43 bits per heavy atom. The molecular formula is C11H10N2O. The van der Waals surface area contributed by atoms with Crippen LogP contribution in [0.5, 0.6) is 0 Å². The molecule has 1 heterocycles. The first-order valence-electron chi connectivity index (χ1n) is 4.37. The molecule has 0 aliphatic carbocycles. The van der Waals surface area contributed by atoms with Crippen molar-refractivity contribution in [1.82, 2.24) is 0 Å².